The average molecular weight is 816 g/mol. The lowest BCUT2D eigenvalue weighted by Gasteiger charge is -2.19. The van der Waals surface area contributed by atoms with Gasteiger partial charge in [-0.3, -0.25) is 4.79 Å². The van der Waals surface area contributed by atoms with Crippen LogP contribution in [-0.2, 0) is 4.79 Å². The van der Waals surface area contributed by atoms with Crippen LogP contribution >= 0.6 is 0 Å². The highest BCUT2D eigenvalue weighted by Crippen LogP contribution is 2.17. The Hall–Kier alpha value is -1.13. The zero-order valence-corrected chi connectivity index (χ0v) is 39.6. The molecule has 0 spiro atoms. The number of allylic oxidation sites excluding steroid dienone is 3. The molecule has 4 heteroatoms. The molecule has 0 heterocycles. The van der Waals surface area contributed by atoms with Crippen molar-refractivity contribution in [2.45, 2.75) is 309 Å². The second-order valence-corrected chi connectivity index (χ2v) is 18.3. The van der Waals surface area contributed by atoms with Gasteiger partial charge in [-0.25, -0.2) is 0 Å². The lowest BCUT2D eigenvalue weighted by atomic mass is 10.0. The molecule has 0 rings (SSSR count). The smallest absolute Gasteiger partial charge is 0.220 e. The van der Waals surface area contributed by atoms with Gasteiger partial charge in [-0.2, -0.15) is 0 Å². The van der Waals surface area contributed by atoms with Crippen LogP contribution in [0.4, 0.5) is 0 Å². The van der Waals surface area contributed by atoms with Gasteiger partial charge in [-0.15, -0.1) is 0 Å². The van der Waals surface area contributed by atoms with Crippen molar-refractivity contribution < 1.29 is 15.0 Å². The number of nitrogens with one attached hydrogen (secondary N) is 1. The van der Waals surface area contributed by atoms with Crippen LogP contribution in [0.2, 0.25) is 0 Å². The summed E-state index contributed by atoms with van der Waals surface area (Å²) in [4.78, 5) is 12.4. The fourth-order valence-electron chi connectivity index (χ4n) is 8.37. The predicted molar refractivity (Wildman–Crippen MR) is 258 cm³/mol. The molecule has 0 radical (unpaired) electrons. The molecule has 0 saturated heterocycles. The molecule has 0 bridgehead atoms. The standard InChI is InChI=1S/C54H105NO3/c1-3-5-7-9-11-13-15-17-19-21-23-25-26-27-28-29-30-32-34-36-38-40-42-44-46-48-50-54(58)55-52(51-56)53(57)49-47-45-43-41-39-37-35-33-31-24-22-20-18-16-14-12-10-8-6-4-2/h39,41,47,49,52-53,56-57H,3-38,40,42-46,48,50-51H2,1-2H3,(H,55,58)/b41-39+,49-47+. The van der Waals surface area contributed by atoms with Crippen LogP contribution in [-0.4, -0.2) is 34.9 Å². The molecular weight excluding hydrogens is 711 g/mol. The van der Waals surface area contributed by atoms with Crippen molar-refractivity contribution in [2.24, 2.45) is 0 Å². The van der Waals surface area contributed by atoms with Crippen molar-refractivity contribution in [3.05, 3.63) is 24.3 Å². The summed E-state index contributed by atoms with van der Waals surface area (Å²) in [6.45, 7) is 4.33. The van der Waals surface area contributed by atoms with E-state index in [1.165, 1.54) is 244 Å². The first-order valence-corrected chi connectivity index (χ1v) is 26.6. The summed E-state index contributed by atoms with van der Waals surface area (Å²) in [7, 11) is 0. The minimum Gasteiger partial charge on any atom is -0.394 e. The molecule has 0 aliphatic heterocycles. The second-order valence-electron chi connectivity index (χ2n) is 18.3. The lowest BCUT2D eigenvalue weighted by Crippen LogP contribution is -2.45. The van der Waals surface area contributed by atoms with E-state index in [1.807, 2.05) is 6.08 Å². The van der Waals surface area contributed by atoms with E-state index in [0.29, 0.717) is 6.42 Å². The Labute approximate surface area is 364 Å². The Bertz CT molecular complexity index is 840. The highest BCUT2D eigenvalue weighted by molar-refractivity contribution is 5.76. The van der Waals surface area contributed by atoms with E-state index in [1.54, 1.807) is 6.08 Å². The molecule has 0 aliphatic carbocycles. The van der Waals surface area contributed by atoms with Gasteiger partial charge < -0.3 is 15.5 Å². The maximum absolute atomic E-state index is 12.4. The van der Waals surface area contributed by atoms with Gasteiger partial charge in [0.25, 0.3) is 0 Å². The lowest BCUT2D eigenvalue weighted by molar-refractivity contribution is -0.123. The zero-order valence-electron chi connectivity index (χ0n) is 39.6. The van der Waals surface area contributed by atoms with Crippen LogP contribution in [0.25, 0.3) is 0 Å². The summed E-state index contributed by atoms with van der Waals surface area (Å²) in [5.41, 5.74) is 0. The third-order valence-electron chi connectivity index (χ3n) is 12.4. The van der Waals surface area contributed by atoms with Crippen molar-refractivity contribution in [2.75, 3.05) is 6.61 Å². The Kier molecular flexibility index (Phi) is 49.2. The molecule has 0 aromatic heterocycles. The third-order valence-corrected chi connectivity index (χ3v) is 12.4. The Morgan fingerprint density at radius 3 is 1.00 bits per heavy atom. The first kappa shape index (κ1) is 56.9. The van der Waals surface area contributed by atoms with Crippen LogP contribution in [0.15, 0.2) is 24.3 Å². The van der Waals surface area contributed by atoms with Gasteiger partial charge in [0.15, 0.2) is 0 Å². The molecular formula is C54H105NO3. The van der Waals surface area contributed by atoms with Crippen molar-refractivity contribution in [3.63, 3.8) is 0 Å². The van der Waals surface area contributed by atoms with Crippen LogP contribution < -0.4 is 5.32 Å². The van der Waals surface area contributed by atoms with E-state index in [9.17, 15) is 15.0 Å². The van der Waals surface area contributed by atoms with E-state index in [-0.39, 0.29) is 12.5 Å². The van der Waals surface area contributed by atoms with Gasteiger partial charge in [0.1, 0.15) is 0 Å². The summed E-state index contributed by atoms with van der Waals surface area (Å²) in [5.74, 6) is -0.0673. The number of carbonyl (C=O) groups excluding carboxylic acids is 1. The fraction of sp³-hybridized carbons (Fsp3) is 0.907. The molecule has 2 atom stereocenters. The van der Waals surface area contributed by atoms with Crippen molar-refractivity contribution in [1.29, 1.82) is 0 Å². The van der Waals surface area contributed by atoms with Gasteiger partial charge in [0.05, 0.1) is 18.8 Å². The average Bonchev–Trinajstić information content (AvgIpc) is 3.23. The van der Waals surface area contributed by atoms with Gasteiger partial charge >= 0.3 is 0 Å². The van der Waals surface area contributed by atoms with E-state index >= 15 is 0 Å². The van der Waals surface area contributed by atoms with Gasteiger partial charge in [0.2, 0.25) is 5.91 Å². The number of amides is 1. The summed E-state index contributed by atoms with van der Waals surface area (Å²) < 4.78 is 0. The quantitative estimate of drug-likeness (QED) is 0.0423. The molecule has 344 valence electrons. The van der Waals surface area contributed by atoms with Crippen molar-refractivity contribution in [1.82, 2.24) is 5.32 Å². The predicted octanol–water partition coefficient (Wildman–Crippen LogP) is 17.1. The van der Waals surface area contributed by atoms with Crippen molar-refractivity contribution in [3.8, 4) is 0 Å². The molecule has 2 unspecified atom stereocenters. The molecule has 3 N–H and O–H groups in total. The number of carbonyl (C=O) groups is 1. The van der Waals surface area contributed by atoms with Crippen LogP contribution in [0.1, 0.15) is 296 Å². The first-order valence-electron chi connectivity index (χ1n) is 26.6. The van der Waals surface area contributed by atoms with Crippen molar-refractivity contribution >= 4 is 5.91 Å². The monoisotopic (exact) mass is 816 g/mol. The number of aliphatic hydroxyl groups is 2. The largest absolute Gasteiger partial charge is 0.394 e. The first-order chi connectivity index (χ1) is 28.7. The number of hydrogen-bond donors (Lipinski definition) is 3. The van der Waals surface area contributed by atoms with Crippen LogP contribution in [0.3, 0.4) is 0 Å². The SMILES string of the molecule is CCCCCCCCCCCCCCCC/C=C/CC/C=C/C(O)C(CO)NC(=O)CCCCCCCCCCCCCCCCCCCCCCCCCCCC. The minimum atomic E-state index is -0.859. The summed E-state index contributed by atoms with van der Waals surface area (Å²) in [6, 6.07) is -0.635. The highest BCUT2D eigenvalue weighted by atomic mass is 16.3. The molecule has 0 aromatic rings. The Morgan fingerprint density at radius 1 is 0.397 bits per heavy atom. The van der Waals surface area contributed by atoms with Crippen LogP contribution in [0.5, 0.6) is 0 Å². The van der Waals surface area contributed by atoms with E-state index in [0.717, 1.165) is 32.1 Å². The molecule has 0 fully saturated rings. The van der Waals surface area contributed by atoms with Gasteiger partial charge in [-0.1, -0.05) is 282 Å². The second kappa shape index (κ2) is 50.2. The molecule has 58 heavy (non-hydrogen) atoms. The topological polar surface area (TPSA) is 69.6 Å². The van der Waals surface area contributed by atoms with Gasteiger partial charge in [-0.05, 0) is 32.1 Å². The number of rotatable bonds is 49. The van der Waals surface area contributed by atoms with E-state index < -0.39 is 12.1 Å². The Morgan fingerprint density at radius 2 is 0.672 bits per heavy atom. The maximum atomic E-state index is 12.4. The molecule has 1 amide bonds. The molecule has 0 aliphatic rings. The van der Waals surface area contributed by atoms with Gasteiger partial charge in [0, 0.05) is 6.42 Å². The van der Waals surface area contributed by atoms with Crippen LogP contribution in [0, 0.1) is 0 Å². The normalized spacial score (nSPS) is 13.0. The number of unbranched alkanes of at least 4 members (excludes halogenated alkanes) is 40. The maximum Gasteiger partial charge on any atom is 0.220 e. The fourth-order valence-corrected chi connectivity index (χ4v) is 8.37. The van der Waals surface area contributed by atoms with E-state index in [2.05, 4.69) is 31.3 Å². The number of aliphatic hydroxyl groups excluding tert-OH is 2. The third kappa shape index (κ3) is 45.9. The summed E-state index contributed by atoms with van der Waals surface area (Å²) in [6.07, 6.45) is 66.2. The summed E-state index contributed by atoms with van der Waals surface area (Å²) in [5, 5.41) is 23.1. The Balaban J connectivity index is 3.49. The minimum absolute atomic E-state index is 0.0673. The zero-order chi connectivity index (χ0) is 42.1. The summed E-state index contributed by atoms with van der Waals surface area (Å²) >= 11 is 0. The van der Waals surface area contributed by atoms with E-state index in [4.69, 9.17) is 0 Å². The molecule has 0 saturated carbocycles. The number of hydrogen-bond acceptors (Lipinski definition) is 3. The molecule has 0 aromatic carbocycles. The molecule has 4 nitrogen and oxygen atoms in total. The highest BCUT2D eigenvalue weighted by Gasteiger charge is 2.18.